The molecular formula is C20H23N3O5S. The third-order valence-electron chi connectivity index (χ3n) is 4.30. The average Bonchev–Trinajstić information content (AvgIpc) is 3.30. The maximum atomic E-state index is 11.8. The molecule has 1 atom stereocenters. The molecule has 0 aliphatic carbocycles. The van der Waals surface area contributed by atoms with E-state index in [2.05, 4.69) is 10.2 Å². The zero-order valence-corrected chi connectivity index (χ0v) is 17.7. The van der Waals surface area contributed by atoms with Gasteiger partial charge in [0.15, 0.2) is 10.9 Å². The van der Waals surface area contributed by atoms with Crippen molar-refractivity contribution >= 4 is 17.7 Å². The fraction of sp³-hybridized carbons (Fsp3) is 0.350. The first-order valence-electron chi connectivity index (χ1n) is 9.00. The van der Waals surface area contributed by atoms with Crippen LogP contribution in [0.3, 0.4) is 0 Å². The van der Waals surface area contributed by atoms with E-state index in [1.807, 2.05) is 32.9 Å². The number of carboxylic acid groups (broad SMARTS) is 1. The molecule has 0 amide bonds. The van der Waals surface area contributed by atoms with E-state index in [-0.39, 0.29) is 5.92 Å². The monoisotopic (exact) mass is 417 g/mol. The van der Waals surface area contributed by atoms with Crippen molar-refractivity contribution in [2.24, 2.45) is 5.92 Å². The van der Waals surface area contributed by atoms with Crippen LogP contribution in [-0.2, 0) is 4.79 Å². The van der Waals surface area contributed by atoms with Crippen LogP contribution in [0.2, 0.25) is 0 Å². The van der Waals surface area contributed by atoms with Gasteiger partial charge in [-0.15, -0.1) is 10.2 Å². The summed E-state index contributed by atoms with van der Waals surface area (Å²) < 4.78 is 18.6. The SMILES string of the molecule is COc1cccc(OC)c1-n1c(SC(C(=O)O)C(C)C)nnc1-c1ccc(C)o1. The van der Waals surface area contributed by atoms with Crippen molar-refractivity contribution in [2.45, 2.75) is 31.2 Å². The number of nitrogens with zero attached hydrogens (tertiary/aromatic N) is 3. The second kappa shape index (κ2) is 8.60. The predicted molar refractivity (Wildman–Crippen MR) is 109 cm³/mol. The largest absolute Gasteiger partial charge is 0.494 e. The minimum atomic E-state index is -0.915. The number of carbonyl (C=O) groups is 1. The van der Waals surface area contributed by atoms with Gasteiger partial charge in [-0.2, -0.15) is 0 Å². The first-order valence-corrected chi connectivity index (χ1v) is 9.88. The van der Waals surface area contributed by atoms with Gasteiger partial charge in [0.2, 0.25) is 5.82 Å². The standard InChI is InChI=1S/C20H23N3O5S/c1-11(2)17(19(24)25)29-20-22-21-18(15-10-9-12(3)28-15)23(20)16-13(26-4)7-6-8-14(16)27-5/h6-11,17H,1-5H3,(H,24,25). The number of ether oxygens (including phenoxy) is 2. The molecule has 0 aliphatic heterocycles. The Morgan fingerprint density at radius 3 is 2.28 bits per heavy atom. The molecule has 0 aliphatic rings. The topological polar surface area (TPSA) is 99.6 Å². The van der Waals surface area contributed by atoms with Crippen LogP contribution in [0.25, 0.3) is 17.3 Å². The summed E-state index contributed by atoms with van der Waals surface area (Å²) in [6.07, 6.45) is 0. The fourth-order valence-corrected chi connectivity index (χ4v) is 3.87. The van der Waals surface area contributed by atoms with Gasteiger partial charge in [-0.25, -0.2) is 0 Å². The zero-order valence-electron chi connectivity index (χ0n) is 16.9. The summed E-state index contributed by atoms with van der Waals surface area (Å²) >= 11 is 1.12. The number of para-hydroxylation sites is 1. The van der Waals surface area contributed by atoms with Crippen molar-refractivity contribution < 1.29 is 23.8 Å². The number of thioether (sulfide) groups is 1. The number of aromatic nitrogens is 3. The van der Waals surface area contributed by atoms with Crippen LogP contribution in [0.1, 0.15) is 19.6 Å². The van der Waals surface area contributed by atoms with E-state index in [9.17, 15) is 9.90 Å². The first-order chi connectivity index (χ1) is 13.9. The first kappa shape index (κ1) is 20.8. The zero-order chi connectivity index (χ0) is 21.1. The number of methoxy groups -OCH3 is 2. The Morgan fingerprint density at radius 2 is 1.79 bits per heavy atom. The van der Waals surface area contributed by atoms with Crippen molar-refractivity contribution in [3.63, 3.8) is 0 Å². The number of carboxylic acids is 1. The molecule has 2 aromatic heterocycles. The van der Waals surface area contributed by atoms with E-state index in [0.717, 1.165) is 17.5 Å². The summed E-state index contributed by atoms with van der Waals surface area (Å²) in [5.74, 6) is 1.70. The molecule has 0 saturated carbocycles. The van der Waals surface area contributed by atoms with Gasteiger partial charge in [0.25, 0.3) is 0 Å². The third-order valence-corrected chi connectivity index (χ3v) is 5.78. The lowest BCUT2D eigenvalue weighted by molar-refractivity contribution is -0.137. The van der Waals surface area contributed by atoms with Crippen molar-refractivity contribution in [3.8, 4) is 28.8 Å². The molecule has 29 heavy (non-hydrogen) atoms. The lowest BCUT2D eigenvalue weighted by Crippen LogP contribution is -2.23. The van der Waals surface area contributed by atoms with Crippen LogP contribution in [0.15, 0.2) is 39.9 Å². The fourth-order valence-electron chi connectivity index (χ4n) is 2.90. The van der Waals surface area contributed by atoms with Gasteiger partial charge in [0.05, 0.1) is 14.2 Å². The van der Waals surface area contributed by atoms with E-state index >= 15 is 0 Å². The molecule has 0 spiro atoms. The van der Waals surface area contributed by atoms with Gasteiger partial charge in [0, 0.05) is 0 Å². The van der Waals surface area contributed by atoms with Crippen molar-refractivity contribution in [3.05, 3.63) is 36.1 Å². The molecule has 1 unspecified atom stereocenters. The van der Waals surface area contributed by atoms with E-state index in [0.29, 0.717) is 33.9 Å². The van der Waals surface area contributed by atoms with Crippen molar-refractivity contribution in [2.75, 3.05) is 14.2 Å². The molecule has 0 saturated heterocycles. The van der Waals surface area contributed by atoms with Crippen LogP contribution in [0, 0.1) is 12.8 Å². The molecule has 0 fully saturated rings. The Bertz CT molecular complexity index is 989. The minimum Gasteiger partial charge on any atom is -0.494 e. The van der Waals surface area contributed by atoms with Crippen LogP contribution < -0.4 is 9.47 Å². The van der Waals surface area contributed by atoms with Gasteiger partial charge >= 0.3 is 5.97 Å². The number of aryl methyl sites for hydroxylation is 1. The van der Waals surface area contributed by atoms with Gasteiger partial charge < -0.3 is 19.0 Å². The van der Waals surface area contributed by atoms with Gasteiger partial charge in [-0.1, -0.05) is 31.7 Å². The maximum absolute atomic E-state index is 11.8. The normalized spacial score (nSPS) is 12.2. The van der Waals surface area contributed by atoms with Crippen LogP contribution in [0.5, 0.6) is 11.5 Å². The van der Waals surface area contributed by atoms with E-state index in [1.165, 1.54) is 0 Å². The Hall–Kier alpha value is -2.94. The Kier molecular flexibility index (Phi) is 6.17. The summed E-state index contributed by atoms with van der Waals surface area (Å²) in [7, 11) is 3.11. The second-order valence-electron chi connectivity index (χ2n) is 6.68. The summed E-state index contributed by atoms with van der Waals surface area (Å²) in [4.78, 5) is 11.8. The van der Waals surface area contributed by atoms with Gasteiger partial charge in [-0.05, 0) is 37.1 Å². The summed E-state index contributed by atoms with van der Waals surface area (Å²) in [6, 6.07) is 9.02. The lowest BCUT2D eigenvalue weighted by atomic mass is 10.1. The number of rotatable bonds is 8. The highest BCUT2D eigenvalue weighted by atomic mass is 32.2. The van der Waals surface area contributed by atoms with E-state index < -0.39 is 11.2 Å². The molecule has 3 aromatic rings. The summed E-state index contributed by atoms with van der Waals surface area (Å²) in [5, 5.41) is 17.9. The highest BCUT2D eigenvalue weighted by Gasteiger charge is 2.29. The molecule has 2 heterocycles. The minimum absolute atomic E-state index is 0.114. The van der Waals surface area contributed by atoms with Crippen LogP contribution >= 0.6 is 11.8 Å². The average molecular weight is 417 g/mol. The number of aliphatic carboxylic acids is 1. The molecule has 8 nitrogen and oxygen atoms in total. The number of benzene rings is 1. The summed E-state index contributed by atoms with van der Waals surface area (Å²) in [5.41, 5.74) is 0.571. The maximum Gasteiger partial charge on any atom is 0.317 e. The molecule has 154 valence electrons. The van der Waals surface area contributed by atoms with Gasteiger partial charge in [-0.3, -0.25) is 9.36 Å². The quantitative estimate of drug-likeness (QED) is 0.548. The highest BCUT2D eigenvalue weighted by molar-refractivity contribution is 8.00. The smallest absolute Gasteiger partial charge is 0.317 e. The Balaban J connectivity index is 2.26. The Morgan fingerprint density at radius 1 is 1.14 bits per heavy atom. The van der Waals surface area contributed by atoms with E-state index in [1.54, 1.807) is 37.0 Å². The molecule has 0 radical (unpaired) electrons. The molecule has 0 bridgehead atoms. The van der Waals surface area contributed by atoms with Crippen LogP contribution in [0.4, 0.5) is 0 Å². The summed E-state index contributed by atoms with van der Waals surface area (Å²) in [6.45, 7) is 5.54. The highest BCUT2D eigenvalue weighted by Crippen LogP contribution is 2.40. The number of hydrogen-bond acceptors (Lipinski definition) is 7. The van der Waals surface area contributed by atoms with E-state index in [4.69, 9.17) is 13.9 Å². The Labute approximate surface area is 172 Å². The predicted octanol–water partition coefficient (Wildman–Crippen LogP) is 4.05. The number of furan rings is 1. The molecular weight excluding hydrogens is 394 g/mol. The van der Waals surface area contributed by atoms with Crippen LogP contribution in [-0.4, -0.2) is 45.3 Å². The molecule has 1 N–H and O–H groups in total. The third kappa shape index (κ3) is 4.09. The molecule has 9 heteroatoms. The van der Waals surface area contributed by atoms with Gasteiger partial charge in [0.1, 0.15) is 28.2 Å². The lowest BCUT2D eigenvalue weighted by Gasteiger charge is -2.19. The number of hydrogen-bond donors (Lipinski definition) is 1. The second-order valence-corrected chi connectivity index (χ2v) is 7.79. The molecule has 3 rings (SSSR count). The van der Waals surface area contributed by atoms with Crippen molar-refractivity contribution in [1.29, 1.82) is 0 Å². The van der Waals surface area contributed by atoms with Crippen molar-refractivity contribution in [1.82, 2.24) is 14.8 Å². The molecule has 1 aromatic carbocycles.